The van der Waals surface area contributed by atoms with Gasteiger partial charge in [-0.1, -0.05) is 18.0 Å². The summed E-state index contributed by atoms with van der Waals surface area (Å²) in [6.45, 7) is 2.78. The number of nitrogens with one attached hydrogen (secondary N) is 1. The number of benzene rings is 1. The van der Waals surface area contributed by atoms with E-state index >= 15 is 0 Å². The zero-order valence-electron chi connectivity index (χ0n) is 15.8. The molecule has 1 aromatic heterocycles. The van der Waals surface area contributed by atoms with Crippen molar-refractivity contribution in [2.45, 2.75) is 45.2 Å². The molecule has 0 unspecified atom stereocenters. The quantitative estimate of drug-likeness (QED) is 0.822. The Morgan fingerprint density at radius 2 is 1.96 bits per heavy atom. The van der Waals surface area contributed by atoms with E-state index in [0.29, 0.717) is 29.4 Å². The Balaban J connectivity index is 1.55. The van der Waals surface area contributed by atoms with Crippen LogP contribution in [-0.2, 0) is 6.54 Å². The van der Waals surface area contributed by atoms with Crippen LogP contribution in [0.4, 0.5) is 0 Å². The Kier molecular flexibility index (Phi) is 5.18. The highest BCUT2D eigenvalue weighted by Crippen LogP contribution is 2.34. The Labute approximate surface area is 162 Å². The number of hydrogen-bond acceptors (Lipinski definition) is 6. The second kappa shape index (κ2) is 7.92. The lowest BCUT2D eigenvalue weighted by Crippen LogP contribution is -2.38. The molecule has 1 aliphatic carbocycles. The van der Waals surface area contributed by atoms with E-state index in [2.05, 4.69) is 10.5 Å². The molecule has 0 atom stereocenters. The maximum atomic E-state index is 13.3. The van der Waals surface area contributed by atoms with Crippen molar-refractivity contribution < 1.29 is 23.6 Å². The first-order chi connectivity index (χ1) is 13.7. The van der Waals surface area contributed by atoms with Gasteiger partial charge in [0.1, 0.15) is 0 Å². The monoisotopic (exact) mass is 385 g/mol. The zero-order valence-corrected chi connectivity index (χ0v) is 15.8. The molecule has 0 spiro atoms. The summed E-state index contributed by atoms with van der Waals surface area (Å²) in [7, 11) is 0. The van der Waals surface area contributed by atoms with Crippen molar-refractivity contribution in [3.8, 4) is 11.5 Å². The van der Waals surface area contributed by atoms with Crippen LogP contribution in [0.1, 0.15) is 59.2 Å². The Morgan fingerprint density at radius 1 is 1.18 bits per heavy atom. The smallest absolute Gasteiger partial charge is 0.273 e. The van der Waals surface area contributed by atoms with Crippen LogP contribution in [0, 0.1) is 0 Å². The summed E-state index contributed by atoms with van der Waals surface area (Å²) in [6, 6.07) is 6.95. The minimum absolute atomic E-state index is 0.0961. The summed E-state index contributed by atoms with van der Waals surface area (Å²) in [5.41, 5.74) is 0.762. The number of rotatable bonds is 6. The molecule has 2 amide bonds. The Bertz CT molecular complexity index is 872. The molecule has 148 valence electrons. The third-order valence-corrected chi connectivity index (χ3v) is 5.10. The number of aromatic nitrogens is 1. The lowest BCUT2D eigenvalue weighted by Gasteiger charge is -2.28. The fourth-order valence-corrected chi connectivity index (χ4v) is 3.69. The fourth-order valence-electron chi connectivity index (χ4n) is 3.69. The van der Waals surface area contributed by atoms with Gasteiger partial charge in [-0.05, 0) is 38.0 Å². The van der Waals surface area contributed by atoms with Gasteiger partial charge in [-0.3, -0.25) is 9.59 Å². The lowest BCUT2D eigenvalue weighted by molar-refractivity contribution is 0.0643. The van der Waals surface area contributed by atoms with Crippen LogP contribution in [0.25, 0.3) is 0 Å². The second-order valence-electron chi connectivity index (χ2n) is 6.98. The van der Waals surface area contributed by atoms with Crippen LogP contribution in [0.15, 0.2) is 28.8 Å². The number of nitrogens with zero attached hydrogens (tertiary/aromatic N) is 2. The van der Waals surface area contributed by atoms with Gasteiger partial charge in [-0.25, -0.2) is 0 Å². The van der Waals surface area contributed by atoms with Gasteiger partial charge < -0.3 is 24.2 Å². The van der Waals surface area contributed by atoms with E-state index < -0.39 is 0 Å². The maximum Gasteiger partial charge on any atom is 0.273 e. The van der Waals surface area contributed by atoms with Gasteiger partial charge in [0.15, 0.2) is 23.0 Å². The number of carbonyl (C=O) groups is 2. The molecule has 1 saturated carbocycles. The average Bonchev–Trinajstić information content (AvgIpc) is 3.46. The molecule has 8 heteroatoms. The molecule has 2 aromatic rings. The maximum absolute atomic E-state index is 13.3. The van der Waals surface area contributed by atoms with Crippen molar-refractivity contribution in [1.29, 1.82) is 0 Å². The SMILES string of the molecule is CCNC(=O)c1cc(CN(C(=O)c2ccc3c(c2)OCO3)C2CCCC2)on1. The van der Waals surface area contributed by atoms with E-state index in [1.807, 2.05) is 11.8 Å². The first-order valence-electron chi connectivity index (χ1n) is 9.60. The third kappa shape index (κ3) is 3.67. The molecular formula is C20H23N3O5. The largest absolute Gasteiger partial charge is 0.454 e. The van der Waals surface area contributed by atoms with Crippen molar-refractivity contribution >= 4 is 11.8 Å². The van der Waals surface area contributed by atoms with Crippen LogP contribution < -0.4 is 14.8 Å². The van der Waals surface area contributed by atoms with E-state index in [9.17, 15) is 9.59 Å². The normalized spacial score (nSPS) is 15.6. The van der Waals surface area contributed by atoms with E-state index in [4.69, 9.17) is 14.0 Å². The second-order valence-corrected chi connectivity index (χ2v) is 6.98. The fraction of sp³-hybridized carbons (Fsp3) is 0.450. The Hall–Kier alpha value is -3.03. The van der Waals surface area contributed by atoms with Crippen molar-refractivity contribution in [3.63, 3.8) is 0 Å². The van der Waals surface area contributed by atoms with E-state index in [1.54, 1.807) is 24.3 Å². The van der Waals surface area contributed by atoms with Crippen molar-refractivity contribution in [3.05, 3.63) is 41.3 Å². The standard InChI is InChI=1S/C20H23N3O5/c1-2-21-19(24)16-10-15(28-22-16)11-23(14-5-3-4-6-14)20(25)13-7-8-17-18(9-13)27-12-26-17/h7-10,14H,2-6,11-12H2,1H3,(H,21,24). The summed E-state index contributed by atoms with van der Waals surface area (Å²) >= 11 is 0. The van der Waals surface area contributed by atoms with Gasteiger partial charge in [0, 0.05) is 24.2 Å². The summed E-state index contributed by atoms with van der Waals surface area (Å²) in [6.07, 6.45) is 4.09. The molecular weight excluding hydrogens is 362 g/mol. The van der Waals surface area contributed by atoms with Gasteiger partial charge in [0.2, 0.25) is 6.79 Å². The van der Waals surface area contributed by atoms with Crippen LogP contribution in [-0.4, -0.2) is 41.3 Å². The number of amides is 2. The lowest BCUT2D eigenvalue weighted by atomic mass is 10.1. The molecule has 0 radical (unpaired) electrons. The van der Waals surface area contributed by atoms with E-state index in [-0.39, 0.29) is 36.9 Å². The molecule has 2 aliphatic rings. The molecule has 1 aromatic carbocycles. The van der Waals surface area contributed by atoms with Crippen LogP contribution in [0.5, 0.6) is 11.5 Å². The van der Waals surface area contributed by atoms with Crippen molar-refractivity contribution in [1.82, 2.24) is 15.4 Å². The van der Waals surface area contributed by atoms with Crippen molar-refractivity contribution in [2.75, 3.05) is 13.3 Å². The van der Waals surface area contributed by atoms with E-state index in [0.717, 1.165) is 25.7 Å². The molecule has 28 heavy (non-hydrogen) atoms. The van der Waals surface area contributed by atoms with Gasteiger partial charge in [-0.2, -0.15) is 0 Å². The van der Waals surface area contributed by atoms with Gasteiger partial charge in [-0.15, -0.1) is 0 Å². The molecule has 1 N–H and O–H groups in total. The van der Waals surface area contributed by atoms with Crippen LogP contribution >= 0.6 is 0 Å². The zero-order chi connectivity index (χ0) is 19.5. The van der Waals surface area contributed by atoms with Gasteiger partial charge in [0.05, 0.1) is 6.54 Å². The predicted octanol–water partition coefficient (Wildman–Crippen LogP) is 2.74. The van der Waals surface area contributed by atoms with Crippen LogP contribution in [0.3, 0.4) is 0 Å². The minimum atomic E-state index is -0.285. The van der Waals surface area contributed by atoms with Crippen LogP contribution in [0.2, 0.25) is 0 Å². The molecule has 1 fully saturated rings. The summed E-state index contributed by atoms with van der Waals surface area (Å²) < 4.78 is 16.1. The topological polar surface area (TPSA) is 93.9 Å². The Morgan fingerprint density at radius 3 is 2.75 bits per heavy atom. The highest BCUT2D eigenvalue weighted by molar-refractivity contribution is 5.95. The summed E-state index contributed by atoms with van der Waals surface area (Å²) in [4.78, 5) is 27.0. The summed E-state index contributed by atoms with van der Waals surface area (Å²) in [5.74, 6) is 1.33. The van der Waals surface area contributed by atoms with Crippen molar-refractivity contribution in [2.24, 2.45) is 0 Å². The van der Waals surface area contributed by atoms with Gasteiger partial charge in [0.25, 0.3) is 11.8 Å². The number of hydrogen-bond donors (Lipinski definition) is 1. The molecule has 2 heterocycles. The number of fused-ring (bicyclic) bond motifs is 1. The molecule has 0 saturated heterocycles. The highest BCUT2D eigenvalue weighted by atomic mass is 16.7. The number of ether oxygens (including phenoxy) is 2. The first kappa shape index (κ1) is 18.3. The third-order valence-electron chi connectivity index (χ3n) is 5.10. The molecule has 4 rings (SSSR count). The van der Waals surface area contributed by atoms with E-state index in [1.165, 1.54) is 0 Å². The number of carbonyl (C=O) groups excluding carboxylic acids is 2. The summed E-state index contributed by atoms with van der Waals surface area (Å²) in [5, 5.41) is 6.52. The van der Waals surface area contributed by atoms with Gasteiger partial charge >= 0.3 is 0 Å². The highest BCUT2D eigenvalue weighted by Gasteiger charge is 2.30. The molecule has 0 bridgehead atoms. The first-order valence-corrected chi connectivity index (χ1v) is 9.60. The molecule has 8 nitrogen and oxygen atoms in total. The molecule has 1 aliphatic heterocycles. The predicted molar refractivity (Wildman–Crippen MR) is 99.2 cm³/mol. The minimum Gasteiger partial charge on any atom is -0.454 e. The average molecular weight is 385 g/mol.